The van der Waals surface area contributed by atoms with E-state index in [0.29, 0.717) is 36.1 Å². The third-order valence-corrected chi connectivity index (χ3v) is 11.7. The normalized spacial score (nSPS) is 15.6. The minimum atomic E-state index is -4.38. The van der Waals surface area contributed by atoms with Crippen molar-refractivity contribution >= 4 is 93.2 Å². The molecule has 5 rings (SSSR count). The molecule has 0 radical (unpaired) electrons. The minimum Gasteiger partial charge on any atom is -0.748 e. The molecule has 0 saturated heterocycles. The highest BCUT2D eigenvalue weighted by Crippen LogP contribution is 2.45. The molecule has 0 aliphatic carbocycles. The molecule has 0 fully saturated rings. The van der Waals surface area contributed by atoms with Crippen molar-refractivity contribution in [3.8, 4) is 0 Å². The molecule has 240 valence electrons. The summed E-state index contributed by atoms with van der Waals surface area (Å²) in [6.45, 7) is 4.90. The standard InChI is InChI=1S/C31H33Cl2N3O6S3/c1-3-34-26-19-24(32)25(33)20-27(26)35(16-7-9-21(2)45(40,41)42)29(34)12-6-13-30-36(17-8-18-44(37,38)39)31-23-11-5-4-10-22(23)14-15-28(31)43-30/h4-6,10-15,19-21H,3,7-9,16-18H2,1-2H3,(H-,37,38,39,40,41,42). The maximum atomic E-state index is 11.5. The van der Waals surface area contributed by atoms with Gasteiger partial charge in [0.15, 0.2) is 6.54 Å². The highest BCUT2D eigenvalue weighted by molar-refractivity contribution is 7.86. The first-order chi connectivity index (χ1) is 21.3. The fourth-order valence-corrected chi connectivity index (χ4v) is 8.00. The zero-order valence-electron chi connectivity index (χ0n) is 24.7. The van der Waals surface area contributed by atoms with E-state index < -0.39 is 25.5 Å². The van der Waals surface area contributed by atoms with E-state index in [1.54, 1.807) is 17.4 Å². The number of nitrogens with zero attached hydrogens (tertiary/aromatic N) is 3. The largest absolute Gasteiger partial charge is 0.748 e. The van der Waals surface area contributed by atoms with Gasteiger partial charge in [-0.25, -0.2) is 8.42 Å². The predicted octanol–water partition coefficient (Wildman–Crippen LogP) is 6.84. The van der Waals surface area contributed by atoms with Crippen molar-refractivity contribution in [1.29, 1.82) is 0 Å². The highest BCUT2D eigenvalue weighted by atomic mass is 35.5. The molecule has 0 bridgehead atoms. The number of fused-ring (bicyclic) bond motifs is 4. The van der Waals surface area contributed by atoms with E-state index in [4.69, 9.17) is 23.2 Å². The van der Waals surface area contributed by atoms with Crippen LogP contribution in [-0.4, -0.2) is 50.0 Å². The van der Waals surface area contributed by atoms with Gasteiger partial charge in [0.05, 0.1) is 42.7 Å². The first-order valence-corrected chi connectivity index (χ1v) is 19.1. The van der Waals surface area contributed by atoms with Gasteiger partial charge in [-0.2, -0.15) is 13.0 Å². The zero-order chi connectivity index (χ0) is 32.5. The van der Waals surface area contributed by atoms with Gasteiger partial charge in [0, 0.05) is 30.8 Å². The Bertz CT molecular complexity index is 2030. The highest BCUT2D eigenvalue weighted by Gasteiger charge is 2.31. The maximum Gasteiger partial charge on any atom is 0.265 e. The Morgan fingerprint density at radius 2 is 1.71 bits per heavy atom. The Labute approximate surface area is 277 Å². The number of hydrogen-bond donors (Lipinski definition) is 1. The number of aryl methyl sites for hydroxylation is 1. The van der Waals surface area contributed by atoms with Crippen LogP contribution in [0.5, 0.6) is 0 Å². The summed E-state index contributed by atoms with van der Waals surface area (Å²) in [6, 6.07) is 15.7. The van der Waals surface area contributed by atoms with Crippen LogP contribution in [0, 0.1) is 0 Å². The van der Waals surface area contributed by atoms with Gasteiger partial charge in [-0.15, -0.1) is 0 Å². The van der Waals surface area contributed by atoms with Crippen molar-refractivity contribution in [1.82, 2.24) is 0 Å². The van der Waals surface area contributed by atoms with Crippen molar-refractivity contribution in [2.75, 3.05) is 28.6 Å². The van der Waals surface area contributed by atoms with E-state index in [0.717, 1.165) is 43.2 Å². The van der Waals surface area contributed by atoms with Gasteiger partial charge in [-0.05, 0) is 62.4 Å². The fraction of sp³-hybridized carbons (Fsp3) is 0.323. The zero-order valence-corrected chi connectivity index (χ0v) is 28.7. The van der Waals surface area contributed by atoms with Gasteiger partial charge < -0.3 is 14.4 Å². The van der Waals surface area contributed by atoms with Gasteiger partial charge in [0.2, 0.25) is 5.52 Å². The van der Waals surface area contributed by atoms with Crippen LogP contribution in [0.4, 0.5) is 11.4 Å². The Kier molecular flexibility index (Phi) is 10.1. The molecule has 14 heteroatoms. The van der Waals surface area contributed by atoms with Gasteiger partial charge >= 0.3 is 0 Å². The summed E-state index contributed by atoms with van der Waals surface area (Å²) < 4.78 is 69.9. The molecule has 1 unspecified atom stereocenters. The Balaban J connectivity index is 1.53. The summed E-state index contributed by atoms with van der Waals surface area (Å²) in [4.78, 5) is 4.14. The second kappa shape index (κ2) is 13.6. The topological polar surface area (TPSA) is 122 Å². The second-order valence-corrected chi connectivity index (χ2v) is 16.1. The lowest BCUT2D eigenvalue weighted by Crippen LogP contribution is -2.36. The average Bonchev–Trinajstić information content (AvgIpc) is 3.46. The van der Waals surface area contributed by atoms with Crippen molar-refractivity contribution < 1.29 is 30.5 Å². The quantitative estimate of drug-likeness (QED) is 0.125. The summed E-state index contributed by atoms with van der Waals surface area (Å²) in [6.07, 6.45) is 6.78. The number of aromatic nitrogens is 1. The van der Waals surface area contributed by atoms with Crippen LogP contribution in [0.25, 0.3) is 27.1 Å². The molecule has 0 saturated carbocycles. The fourth-order valence-electron chi connectivity index (χ4n) is 5.62. The van der Waals surface area contributed by atoms with E-state index in [1.807, 2.05) is 60.4 Å². The number of allylic oxidation sites excluding steroid dienone is 2. The maximum absolute atomic E-state index is 11.5. The molecule has 9 nitrogen and oxygen atoms in total. The molecule has 1 N–H and O–H groups in total. The smallest absolute Gasteiger partial charge is 0.265 e. The minimum absolute atomic E-state index is 0.216. The van der Waals surface area contributed by atoms with Gasteiger partial charge in [-0.3, -0.25) is 4.55 Å². The van der Waals surface area contributed by atoms with E-state index in [-0.39, 0.29) is 18.6 Å². The Morgan fingerprint density at radius 1 is 1.02 bits per heavy atom. The molecular weight excluding hydrogens is 677 g/mol. The molecule has 45 heavy (non-hydrogen) atoms. The number of thiazole rings is 1. The van der Waals surface area contributed by atoms with E-state index in [2.05, 4.69) is 21.6 Å². The van der Waals surface area contributed by atoms with Crippen LogP contribution < -0.4 is 14.4 Å². The van der Waals surface area contributed by atoms with Gasteiger partial charge in [0.1, 0.15) is 10.5 Å². The number of hydrogen-bond acceptors (Lipinski definition) is 8. The molecule has 1 aliphatic rings. The summed E-state index contributed by atoms with van der Waals surface area (Å²) in [5.74, 6) is 0.495. The van der Waals surface area contributed by atoms with E-state index in [9.17, 15) is 25.9 Å². The monoisotopic (exact) mass is 709 g/mol. The summed E-state index contributed by atoms with van der Waals surface area (Å²) in [5, 5.41) is 2.84. The number of halogens is 2. The Morgan fingerprint density at radius 3 is 2.38 bits per heavy atom. The SMILES string of the molecule is CCN1/C(=C/C=C/c2sc3ccc4ccccc4c3[n+]2CCCS(=O)(=O)O)N(CCCC(C)S(=O)(=O)[O-])c2cc(Cl)c(Cl)cc21. The molecule has 1 aromatic heterocycles. The van der Waals surface area contributed by atoms with Crippen molar-refractivity contribution in [3.63, 3.8) is 0 Å². The average molecular weight is 711 g/mol. The second-order valence-electron chi connectivity index (χ2n) is 10.8. The number of rotatable bonds is 12. The van der Waals surface area contributed by atoms with Gasteiger partial charge in [0.25, 0.3) is 15.1 Å². The van der Waals surface area contributed by atoms with Crippen molar-refractivity contribution in [2.45, 2.75) is 44.9 Å². The molecule has 1 atom stereocenters. The predicted molar refractivity (Wildman–Crippen MR) is 183 cm³/mol. The lowest BCUT2D eigenvalue weighted by atomic mass is 10.1. The van der Waals surface area contributed by atoms with E-state index in [1.165, 1.54) is 6.92 Å². The third kappa shape index (κ3) is 7.48. The van der Waals surface area contributed by atoms with Gasteiger partial charge in [-0.1, -0.05) is 64.9 Å². The summed E-state index contributed by atoms with van der Waals surface area (Å²) >= 11 is 14.4. The van der Waals surface area contributed by atoms with Crippen LogP contribution in [0.3, 0.4) is 0 Å². The van der Waals surface area contributed by atoms with Crippen LogP contribution in [-0.2, 0) is 26.8 Å². The Hall–Kier alpha value is -2.71. The first-order valence-electron chi connectivity index (χ1n) is 14.4. The molecule has 4 aromatic rings. The molecule has 1 aliphatic heterocycles. The van der Waals surface area contributed by atoms with Crippen LogP contribution >= 0.6 is 34.5 Å². The summed E-state index contributed by atoms with van der Waals surface area (Å²) in [7, 11) is -8.48. The first kappa shape index (κ1) is 33.6. The van der Waals surface area contributed by atoms with Crippen LogP contribution in [0.1, 0.15) is 38.1 Å². The molecule has 0 amide bonds. The lowest BCUT2D eigenvalue weighted by molar-refractivity contribution is -0.667. The third-order valence-electron chi connectivity index (χ3n) is 7.84. The molecule has 3 aromatic carbocycles. The lowest BCUT2D eigenvalue weighted by Gasteiger charge is -2.25. The number of anilines is 2. The van der Waals surface area contributed by atoms with Crippen molar-refractivity contribution in [3.05, 3.63) is 81.6 Å². The van der Waals surface area contributed by atoms with Crippen LogP contribution in [0.15, 0.2) is 66.5 Å². The molecule has 0 spiro atoms. The summed E-state index contributed by atoms with van der Waals surface area (Å²) in [5.41, 5.74) is 2.69. The van der Waals surface area contributed by atoms with E-state index >= 15 is 0 Å². The van der Waals surface area contributed by atoms with Crippen LogP contribution in [0.2, 0.25) is 10.0 Å². The number of benzene rings is 3. The van der Waals surface area contributed by atoms with Crippen molar-refractivity contribution in [2.24, 2.45) is 0 Å². The molecule has 2 heterocycles. The molecular formula is C31H33Cl2N3O6S3.